The molecule has 0 saturated carbocycles. The van der Waals surface area contributed by atoms with Gasteiger partial charge in [-0.3, -0.25) is 4.79 Å². The molecular formula is C15H23N7O. The molecule has 2 aromatic rings. The SMILES string of the molecule is CCn1nnc2c(N3CC(C(=O)NCCC(C)C)C3)ncnc21. The summed E-state index contributed by atoms with van der Waals surface area (Å²) in [5.41, 5.74) is 1.44. The van der Waals surface area contributed by atoms with Crippen molar-refractivity contribution < 1.29 is 4.79 Å². The Labute approximate surface area is 135 Å². The predicted octanol–water partition coefficient (Wildman–Crippen LogP) is 0.840. The van der Waals surface area contributed by atoms with E-state index in [2.05, 4.69) is 44.3 Å². The summed E-state index contributed by atoms with van der Waals surface area (Å²) in [6.45, 7) is 9.10. The summed E-state index contributed by atoms with van der Waals surface area (Å²) < 4.78 is 1.75. The lowest BCUT2D eigenvalue weighted by molar-refractivity contribution is -0.125. The van der Waals surface area contributed by atoms with Gasteiger partial charge in [0, 0.05) is 26.2 Å². The molecule has 0 aliphatic carbocycles. The minimum absolute atomic E-state index is 0.0217. The minimum atomic E-state index is 0.0217. The number of carbonyl (C=O) groups excluding carboxylic acids is 1. The van der Waals surface area contributed by atoms with Gasteiger partial charge >= 0.3 is 0 Å². The van der Waals surface area contributed by atoms with Crippen LogP contribution in [-0.2, 0) is 11.3 Å². The van der Waals surface area contributed by atoms with Crippen LogP contribution in [0.15, 0.2) is 6.33 Å². The highest BCUT2D eigenvalue weighted by Gasteiger charge is 2.34. The lowest BCUT2D eigenvalue weighted by Gasteiger charge is -2.38. The molecule has 0 aromatic carbocycles. The molecule has 23 heavy (non-hydrogen) atoms. The molecule has 3 rings (SSSR count). The van der Waals surface area contributed by atoms with E-state index in [4.69, 9.17) is 0 Å². The molecular weight excluding hydrogens is 294 g/mol. The van der Waals surface area contributed by atoms with E-state index in [0.29, 0.717) is 31.1 Å². The van der Waals surface area contributed by atoms with Crippen molar-refractivity contribution in [1.29, 1.82) is 0 Å². The van der Waals surface area contributed by atoms with Crippen LogP contribution in [0.1, 0.15) is 27.2 Å². The fourth-order valence-corrected chi connectivity index (χ4v) is 2.67. The van der Waals surface area contributed by atoms with Crippen molar-refractivity contribution >= 4 is 22.9 Å². The van der Waals surface area contributed by atoms with Gasteiger partial charge in [0.15, 0.2) is 17.0 Å². The molecule has 8 nitrogen and oxygen atoms in total. The topological polar surface area (TPSA) is 88.8 Å². The van der Waals surface area contributed by atoms with Gasteiger partial charge in [-0.05, 0) is 19.3 Å². The number of amides is 1. The Morgan fingerprint density at radius 1 is 1.39 bits per heavy atom. The summed E-state index contributed by atoms with van der Waals surface area (Å²) in [4.78, 5) is 22.7. The minimum Gasteiger partial charge on any atom is -0.356 e. The first kappa shape index (κ1) is 15.6. The highest BCUT2D eigenvalue weighted by molar-refractivity contribution is 5.86. The summed E-state index contributed by atoms with van der Waals surface area (Å²) in [7, 11) is 0. The number of hydrogen-bond donors (Lipinski definition) is 1. The third-order valence-electron chi connectivity index (χ3n) is 4.15. The number of rotatable bonds is 6. The number of fused-ring (bicyclic) bond motifs is 1. The maximum absolute atomic E-state index is 12.1. The monoisotopic (exact) mass is 317 g/mol. The summed E-state index contributed by atoms with van der Waals surface area (Å²) in [5, 5.41) is 11.3. The van der Waals surface area contributed by atoms with Crippen molar-refractivity contribution in [2.45, 2.75) is 33.7 Å². The number of anilines is 1. The molecule has 3 heterocycles. The van der Waals surface area contributed by atoms with Crippen LogP contribution in [0.2, 0.25) is 0 Å². The zero-order valence-corrected chi connectivity index (χ0v) is 13.9. The van der Waals surface area contributed by atoms with Gasteiger partial charge in [-0.2, -0.15) is 0 Å². The number of aromatic nitrogens is 5. The Bertz CT molecular complexity index is 690. The van der Waals surface area contributed by atoms with Crippen molar-refractivity contribution in [1.82, 2.24) is 30.3 Å². The van der Waals surface area contributed by atoms with Crippen LogP contribution in [0.4, 0.5) is 5.82 Å². The number of hydrogen-bond acceptors (Lipinski definition) is 6. The highest BCUT2D eigenvalue weighted by atomic mass is 16.2. The van der Waals surface area contributed by atoms with Gasteiger partial charge in [0.05, 0.1) is 5.92 Å². The molecule has 0 bridgehead atoms. The van der Waals surface area contributed by atoms with Crippen LogP contribution in [0, 0.1) is 11.8 Å². The van der Waals surface area contributed by atoms with Crippen LogP contribution in [0.25, 0.3) is 11.2 Å². The molecule has 0 spiro atoms. The van der Waals surface area contributed by atoms with Gasteiger partial charge in [0.1, 0.15) is 6.33 Å². The average Bonchev–Trinajstić information content (AvgIpc) is 2.89. The lowest BCUT2D eigenvalue weighted by Crippen LogP contribution is -2.54. The van der Waals surface area contributed by atoms with Crippen molar-refractivity contribution in [2.75, 3.05) is 24.5 Å². The zero-order valence-electron chi connectivity index (χ0n) is 13.9. The molecule has 1 aliphatic heterocycles. The number of nitrogens with one attached hydrogen (secondary N) is 1. The number of carbonyl (C=O) groups is 1. The predicted molar refractivity (Wildman–Crippen MR) is 87.0 cm³/mol. The van der Waals surface area contributed by atoms with Crippen LogP contribution in [-0.4, -0.2) is 50.5 Å². The molecule has 8 heteroatoms. The van der Waals surface area contributed by atoms with E-state index in [9.17, 15) is 4.79 Å². The van der Waals surface area contributed by atoms with Gasteiger partial charge in [-0.25, -0.2) is 14.6 Å². The van der Waals surface area contributed by atoms with Crippen molar-refractivity contribution in [3.05, 3.63) is 6.33 Å². The molecule has 1 N–H and O–H groups in total. The van der Waals surface area contributed by atoms with Gasteiger partial charge < -0.3 is 10.2 Å². The van der Waals surface area contributed by atoms with Gasteiger partial charge in [0.25, 0.3) is 0 Å². The van der Waals surface area contributed by atoms with E-state index in [1.165, 1.54) is 6.33 Å². The van der Waals surface area contributed by atoms with Crippen molar-refractivity contribution in [3.63, 3.8) is 0 Å². The Morgan fingerprint density at radius 2 is 2.17 bits per heavy atom. The van der Waals surface area contributed by atoms with Crippen LogP contribution in [0.3, 0.4) is 0 Å². The maximum Gasteiger partial charge on any atom is 0.226 e. The zero-order chi connectivity index (χ0) is 16.4. The standard InChI is InChI=1S/C15H23N7O/c1-4-22-14-12(19-20-22)13(17-9-18-14)21-7-11(8-21)15(23)16-6-5-10(2)3/h9-11H,4-8H2,1-3H3,(H,16,23). The van der Waals surface area contributed by atoms with Crippen LogP contribution >= 0.6 is 0 Å². The van der Waals surface area contributed by atoms with Crippen LogP contribution in [0.5, 0.6) is 0 Å². The van der Waals surface area contributed by atoms with E-state index in [1.54, 1.807) is 4.68 Å². The Kier molecular flexibility index (Phi) is 4.40. The fraction of sp³-hybridized carbons (Fsp3) is 0.667. The second-order valence-corrected chi connectivity index (χ2v) is 6.35. The first-order valence-corrected chi connectivity index (χ1v) is 8.17. The van der Waals surface area contributed by atoms with E-state index >= 15 is 0 Å². The average molecular weight is 317 g/mol. The molecule has 124 valence electrons. The summed E-state index contributed by atoms with van der Waals surface area (Å²) in [6, 6.07) is 0. The molecule has 1 amide bonds. The molecule has 0 atom stereocenters. The summed E-state index contributed by atoms with van der Waals surface area (Å²) in [5.74, 6) is 1.52. The smallest absolute Gasteiger partial charge is 0.226 e. The first-order valence-electron chi connectivity index (χ1n) is 8.17. The van der Waals surface area contributed by atoms with Gasteiger partial charge in [0.2, 0.25) is 5.91 Å². The normalized spacial score (nSPS) is 15.2. The van der Waals surface area contributed by atoms with Crippen LogP contribution < -0.4 is 10.2 Å². The fourth-order valence-electron chi connectivity index (χ4n) is 2.67. The number of aryl methyl sites for hydroxylation is 1. The quantitative estimate of drug-likeness (QED) is 0.849. The molecule has 1 aliphatic rings. The second kappa shape index (κ2) is 6.47. The lowest BCUT2D eigenvalue weighted by atomic mass is 9.99. The molecule has 2 aromatic heterocycles. The second-order valence-electron chi connectivity index (χ2n) is 6.35. The third kappa shape index (κ3) is 3.11. The van der Waals surface area contributed by atoms with E-state index in [-0.39, 0.29) is 11.8 Å². The Hall–Kier alpha value is -2.25. The highest BCUT2D eigenvalue weighted by Crippen LogP contribution is 2.27. The van der Waals surface area contributed by atoms with Gasteiger partial charge in [-0.1, -0.05) is 19.1 Å². The molecule has 0 unspecified atom stereocenters. The van der Waals surface area contributed by atoms with Gasteiger partial charge in [-0.15, -0.1) is 5.10 Å². The third-order valence-corrected chi connectivity index (χ3v) is 4.15. The van der Waals surface area contributed by atoms with Crippen molar-refractivity contribution in [2.24, 2.45) is 11.8 Å². The Balaban J connectivity index is 1.61. The molecule has 1 saturated heterocycles. The van der Waals surface area contributed by atoms with E-state index in [1.807, 2.05) is 6.92 Å². The Morgan fingerprint density at radius 3 is 2.87 bits per heavy atom. The summed E-state index contributed by atoms with van der Waals surface area (Å²) in [6.07, 6.45) is 2.54. The summed E-state index contributed by atoms with van der Waals surface area (Å²) >= 11 is 0. The first-order chi connectivity index (χ1) is 11.1. The van der Waals surface area contributed by atoms with E-state index in [0.717, 1.165) is 24.4 Å². The number of nitrogens with zero attached hydrogens (tertiary/aromatic N) is 6. The molecule has 1 fully saturated rings. The van der Waals surface area contributed by atoms with E-state index < -0.39 is 0 Å². The largest absolute Gasteiger partial charge is 0.356 e. The maximum atomic E-state index is 12.1. The van der Waals surface area contributed by atoms with Crippen molar-refractivity contribution in [3.8, 4) is 0 Å². The molecule has 0 radical (unpaired) electrons.